The van der Waals surface area contributed by atoms with Crippen LogP contribution in [0.4, 0.5) is 5.69 Å². The van der Waals surface area contributed by atoms with Gasteiger partial charge < -0.3 is 5.73 Å². The van der Waals surface area contributed by atoms with Crippen LogP contribution in [0.5, 0.6) is 0 Å². The number of rotatable bonds is 4. The second kappa shape index (κ2) is 4.90. The Kier molecular flexibility index (Phi) is 3.30. The van der Waals surface area contributed by atoms with Crippen LogP contribution in [-0.4, -0.2) is 23.2 Å². The largest absolute Gasteiger partial charge is 0.398 e. The van der Waals surface area contributed by atoms with Crippen molar-refractivity contribution in [2.24, 2.45) is 5.14 Å². The van der Waals surface area contributed by atoms with Gasteiger partial charge in [-0.15, -0.1) is 5.10 Å². The Bertz CT molecular complexity index is 851. The molecule has 2 aromatic rings. The molecule has 1 aromatic heterocycles. The number of benzene rings is 1. The van der Waals surface area contributed by atoms with E-state index >= 15 is 0 Å². The minimum Gasteiger partial charge on any atom is -0.398 e. The number of hydrogen-bond donors (Lipinski definition) is 3. The highest BCUT2D eigenvalue weighted by molar-refractivity contribution is 7.99. The lowest BCUT2D eigenvalue weighted by atomic mass is 10.3. The van der Waals surface area contributed by atoms with Gasteiger partial charge in [-0.05, 0) is 42.8 Å². The van der Waals surface area contributed by atoms with Crippen LogP contribution in [0.25, 0.3) is 0 Å². The van der Waals surface area contributed by atoms with E-state index in [1.165, 1.54) is 18.2 Å². The number of anilines is 1. The molecule has 1 saturated carbocycles. The molecular formula is C11H13N5O3S2. The molecule has 8 nitrogen and oxygen atoms in total. The van der Waals surface area contributed by atoms with E-state index in [4.69, 9.17) is 10.9 Å². The Balaban J connectivity index is 2.00. The highest BCUT2D eigenvalue weighted by atomic mass is 32.2. The van der Waals surface area contributed by atoms with E-state index in [0.29, 0.717) is 15.7 Å². The highest BCUT2D eigenvalue weighted by Gasteiger charge is 2.29. The molecule has 0 amide bonds. The molecule has 1 aromatic carbocycles. The third-order valence-electron chi connectivity index (χ3n) is 3.10. The van der Waals surface area contributed by atoms with Crippen LogP contribution >= 0.6 is 11.8 Å². The summed E-state index contributed by atoms with van der Waals surface area (Å²) in [6, 6.07) is 4.34. The van der Waals surface area contributed by atoms with Gasteiger partial charge in [0.1, 0.15) is 0 Å². The first-order chi connectivity index (χ1) is 9.86. The fraction of sp³-hybridized carbons (Fsp3) is 0.273. The standard InChI is InChI=1S/C11H13N5O3S2/c12-8-4-3-7(21(13,18)19)5-9(8)20-11-15-14-10(17)16(11)6-1-2-6/h3-6H,1-2,12H2,(H,14,17)(H2,13,18,19). The number of nitrogens with one attached hydrogen (secondary N) is 1. The van der Waals surface area contributed by atoms with Crippen LogP contribution in [0, 0.1) is 0 Å². The maximum absolute atomic E-state index is 11.7. The average molecular weight is 327 g/mol. The van der Waals surface area contributed by atoms with Crippen molar-refractivity contribution in [3.63, 3.8) is 0 Å². The Morgan fingerprint density at radius 3 is 2.71 bits per heavy atom. The number of nitrogens with zero attached hydrogens (tertiary/aromatic N) is 2. The second-order valence-corrected chi connectivity index (χ2v) is 7.33. The zero-order valence-electron chi connectivity index (χ0n) is 10.8. The van der Waals surface area contributed by atoms with Gasteiger partial charge >= 0.3 is 5.69 Å². The van der Waals surface area contributed by atoms with Crippen LogP contribution in [0.3, 0.4) is 0 Å². The fourth-order valence-corrected chi connectivity index (χ4v) is 3.50. The van der Waals surface area contributed by atoms with Crippen LogP contribution in [0.1, 0.15) is 18.9 Å². The lowest BCUT2D eigenvalue weighted by Gasteiger charge is -2.07. The number of nitrogen functional groups attached to an aromatic ring is 1. The molecule has 0 saturated heterocycles. The third-order valence-corrected chi connectivity index (χ3v) is 5.05. The summed E-state index contributed by atoms with van der Waals surface area (Å²) in [4.78, 5) is 12.2. The van der Waals surface area contributed by atoms with Gasteiger partial charge in [0, 0.05) is 16.6 Å². The molecule has 5 N–H and O–H groups in total. The Hall–Kier alpha value is -1.78. The quantitative estimate of drug-likeness (QED) is 0.690. The molecule has 1 fully saturated rings. The van der Waals surface area contributed by atoms with Crippen LogP contribution < -0.4 is 16.6 Å². The summed E-state index contributed by atoms with van der Waals surface area (Å²) < 4.78 is 24.3. The van der Waals surface area contributed by atoms with E-state index in [9.17, 15) is 13.2 Å². The van der Waals surface area contributed by atoms with E-state index in [1.54, 1.807) is 4.57 Å². The summed E-state index contributed by atoms with van der Waals surface area (Å²) in [6.45, 7) is 0. The van der Waals surface area contributed by atoms with Crippen molar-refractivity contribution in [1.82, 2.24) is 14.8 Å². The van der Waals surface area contributed by atoms with Gasteiger partial charge in [-0.25, -0.2) is 23.4 Å². The normalized spacial score (nSPS) is 15.3. The lowest BCUT2D eigenvalue weighted by molar-refractivity contribution is 0.597. The van der Waals surface area contributed by atoms with Crippen LogP contribution in [-0.2, 0) is 10.0 Å². The molecule has 112 valence electrons. The number of primary sulfonamides is 1. The van der Waals surface area contributed by atoms with Crippen molar-refractivity contribution >= 4 is 27.5 Å². The average Bonchev–Trinajstić information content (AvgIpc) is 3.16. The van der Waals surface area contributed by atoms with Gasteiger partial charge in [0.15, 0.2) is 5.16 Å². The predicted octanol–water partition coefficient (Wildman–Crippen LogP) is 0.287. The van der Waals surface area contributed by atoms with E-state index in [-0.39, 0.29) is 16.6 Å². The summed E-state index contributed by atoms with van der Waals surface area (Å²) in [5, 5.41) is 11.9. The number of hydrogen-bond acceptors (Lipinski definition) is 6. The second-order valence-electron chi connectivity index (χ2n) is 4.76. The highest BCUT2D eigenvalue weighted by Crippen LogP contribution is 2.39. The molecule has 1 aliphatic carbocycles. The first-order valence-electron chi connectivity index (χ1n) is 6.13. The van der Waals surface area contributed by atoms with E-state index in [1.807, 2.05) is 0 Å². The van der Waals surface area contributed by atoms with Gasteiger partial charge in [-0.2, -0.15) is 0 Å². The van der Waals surface area contributed by atoms with Crippen molar-refractivity contribution in [3.05, 3.63) is 28.7 Å². The van der Waals surface area contributed by atoms with Crippen LogP contribution in [0.2, 0.25) is 0 Å². The number of aromatic nitrogens is 3. The molecule has 0 atom stereocenters. The fourth-order valence-electron chi connectivity index (χ4n) is 1.90. The SMILES string of the molecule is Nc1ccc(S(N)(=O)=O)cc1Sc1n[nH]c(=O)n1C1CC1. The summed E-state index contributed by atoms with van der Waals surface area (Å²) >= 11 is 1.14. The first kappa shape index (κ1) is 14.2. The third kappa shape index (κ3) is 2.82. The van der Waals surface area contributed by atoms with Crippen LogP contribution in [0.15, 0.2) is 37.9 Å². The van der Waals surface area contributed by atoms with Crippen molar-refractivity contribution in [2.75, 3.05) is 5.73 Å². The molecule has 21 heavy (non-hydrogen) atoms. The Morgan fingerprint density at radius 2 is 2.10 bits per heavy atom. The summed E-state index contributed by atoms with van der Waals surface area (Å²) in [5.74, 6) is 0. The van der Waals surface area contributed by atoms with Crippen molar-refractivity contribution in [1.29, 1.82) is 0 Å². The van der Waals surface area contributed by atoms with E-state index in [2.05, 4.69) is 10.2 Å². The Morgan fingerprint density at radius 1 is 1.38 bits per heavy atom. The van der Waals surface area contributed by atoms with Crippen molar-refractivity contribution < 1.29 is 8.42 Å². The molecule has 3 rings (SSSR count). The maximum atomic E-state index is 11.7. The minimum atomic E-state index is -3.81. The Labute approximate surface area is 124 Å². The first-order valence-corrected chi connectivity index (χ1v) is 8.49. The molecule has 0 bridgehead atoms. The van der Waals surface area contributed by atoms with Gasteiger partial charge in [-0.3, -0.25) is 4.57 Å². The van der Waals surface area contributed by atoms with Gasteiger partial charge in [0.25, 0.3) is 0 Å². The molecule has 0 unspecified atom stereocenters. The molecule has 1 aliphatic rings. The molecule has 10 heteroatoms. The van der Waals surface area contributed by atoms with E-state index in [0.717, 1.165) is 24.6 Å². The number of H-pyrrole nitrogens is 1. The van der Waals surface area contributed by atoms with E-state index < -0.39 is 10.0 Å². The number of aromatic amines is 1. The summed E-state index contributed by atoms with van der Waals surface area (Å²) in [6.07, 6.45) is 1.86. The predicted molar refractivity (Wildman–Crippen MR) is 77.5 cm³/mol. The van der Waals surface area contributed by atoms with Gasteiger partial charge in [0.2, 0.25) is 10.0 Å². The molecular weight excluding hydrogens is 314 g/mol. The van der Waals surface area contributed by atoms with Crippen molar-refractivity contribution in [3.8, 4) is 0 Å². The summed E-state index contributed by atoms with van der Waals surface area (Å²) in [7, 11) is -3.81. The monoisotopic (exact) mass is 327 g/mol. The smallest absolute Gasteiger partial charge is 0.344 e. The zero-order valence-corrected chi connectivity index (χ0v) is 12.4. The number of nitrogens with two attached hydrogens (primary N) is 2. The molecule has 1 heterocycles. The van der Waals surface area contributed by atoms with Gasteiger partial charge in [-0.1, -0.05) is 0 Å². The lowest BCUT2D eigenvalue weighted by Crippen LogP contribution is -2.16. The van der Waals surface area contributed by atoms with Crippen molar-refractivity contribution in [2.45, 2.75) is 33.8 Å². The van der Waals surface area contributed by atoms with Gasteiger partial charge in [0.05, 0.1) is 4.90 Å². The molecule has 0 radical (unpaired) electrons. The maximum Gasteiger partial charge on any atom is 0.344 e. The topological polar surface area (TPSA) is 137 Å². The minimum absolute atomic E-state index is 0.0324. The number of sulfonamides is 1. The zero-order chi connectivity index (χ0) is 15.2. The molecule has 0 spiro atoms. The summed E-state index contributed by atoms with van der Waals surface area (Å²) in [5.41, 5.74) is 5.96. The molecule has 0 aliphatic heterocycles.